The summed E-state index contributed by atoms with van der Waals surface area (Å²) in [5, 5.41) is 0.352. The van der Waals surface area contributed by atoms with Gasteiger partial charge in [0, 0.05) is 16.0 Å². The van der Waals surface area contributed by atoms with E-state index in [1.165, 1.54) is 30.3 Å². The maximum absolute atomic E-state index is 14.3. The van der Waals surface area contributed by atoms with Crippen LogP contribution in [-0.2, 0) is 11.8 Å². The summed E-state index contributed by atoms with van der Waals surface area (Å²) in [7, 11) is 0. The van der Waals surface area contributed by atoms with Crippen molar-refractivity contribution in [3.63, 3.8) is 0 Å². The quantitative estimate of drug-likeness (QED) is 0.687. The number of rotatable bonds is 3. The fraction of sp³-hybridized carbons (Fsp3) is 0.294. The summed E-state index contributed by atoms with van der Waals surface area (Å²) in [6.07, 6.45) is 0.398. The molecule has 2 rings (SSSR count). The standard InChI is InChI=1S/C17H16ClF3/c1-4-10-5-7-12(16(21)15(10)20)17(2,3)13-9-11(18)6-8-14(13)19/h5-9H,4H2,1-3H3. The lowest BCUT2D eigenvalue weighted by atomic mass is 9.77. The Labute approximate surface area is 127 Å². The Bertz CT molecular complexity index is 678. The van der Waals surface area contributed by atoms with E-state index in [9.17, 15) is 13.2 Å². The number of hydrogen-bond donors (Lipinski definition) is 0. The van der Waals surface area contributed by atoms with Crippen molar-refractivity contribution < 1.29 is 13.2 Å². The number of benzene rings is 2. The highest BCUT2D eigenvalue weighted by molar-refractivity contribution is 6.30. The minimum atomic E-state index is -1.04. The Morgan fingerprint density at radius 2 is 1.62 bits per heavy atom. The first-order valence-electron chi connectivity index (χ1n) is 6.72. The number of aryl methyl sites for hydroxylation is 1. The van der Waals surface area contributed by atoms with Crippen LogP contribution < -0.4 is 0 Å². The van der Waals surface area contributed by atoms with Crippen LogP contribution in [0.5, 0.6) is 0 Å². The summed E-state index contributed by atoms with van der Waals surface area (Å²) >= 11 is 5.89. The van der Waals surface area contributed by atoms with Crippen molar-refractivity contribution in [2.75, 3.05) is 0 Å². The molecule has 0 bridgehead atoms. The summed E-state index contributed by atoms with van der Waals surface area (Å²) in [5.74, 6) is -2.30. The molecule has 0 saturated carbocycles. The van der Waals surface area contributed by atoms with Crippen molar-refractivity contribution in [2.45, 2.75) is 32.6 Å². The van der Waals surface area contributed by atoms with Gasteiger partial charge in [-0.25, -0.2) is 13.2 Å². The summed E-state index contributed by atoms with van der Waals surface area (Å²) in [6, 6.07) is 7.15. The first-order chi connectivity index (χ1) is 9.78. The molecule has 4 heteroatoms. The van der Waals surface area contributed by atoms with Crippen molar-refractivity contribution in [3.8, 4) is 0 Å². The zero-order chi connectivity index (χ0) is 15.8. The largest absolute Gasteiger partial charge is 0.207 e. The third kappa shape index (κ3) is 2.80. The average molecular weight is 313 g/mol. The van der Waals surface area contributed by atoms with Crippen molar-refractivity contribution in [1.29, 1.82) is 0 Å². The van der Waals surface area contributed by atoms with Crippen LogP contribution >= 0.6 is 11.6 Å². The Hall–Kier alpha value is -1.48. The monoisotopic (exact) mass is 312 g/mol. The van der Waals surface area contributed by atoms with Crippen molar-refractivity contribution in [1.82, 2.24) is 0 Å². The minimum Gasteiger partial charge on any atom is -0.207 e. The first kappa shape index (κ1) is 15.9. The Morgan fingerprint density at radius 1 is 0.952 bits per heavy atom. The molecule has 0 aliphatic heterocycles. The van der Waals surface area contributed by atoms with Crippen LogP contribution in [0.25, 0.3) is 0 Å². The van der Waals surface area contributed by atoms with Gasteiger partial charge in [0.05, 0.1) is 0 Å². The second-order valence-corrected chi connectivity index (χ2v) is 5.94. The van der Waals surface area contributed by atoms with Crippen molar-refractivity contribution in [3.05, 3.63) is 69.5 Å². The van der Waals surface area contributed by atoms with Crippen LogP contribution in [0.4, 0.5) is 13.2 Å². The lowest BCUT2D eigenvalue weighted by Crippen LogP contribution is -2.23. The molecule has 0 spiro atoms. The third-order valence-corrected chi connectivity index (χ3v) is 4.05. The molecule has 21 heavy (non-hydrogen) atoms. The van der Waals surface area contributed by atoms with Crippen molar-refractivity contribution >= 4 is 11.6 Å². The lowest BCUT2D eigenvalue weighted by Gasteiger charge is -2.27. The molecule has 0 aliphatic rings. The second-order valence-electron chi connectivity index (χ2n) is 5.50. The normalized spacial score (nSPS) is 11.8. The molecule has 112 valence electrons. The summed E-state index contributed by atoms with van der Waals surface area (Å²) in [5.41, 5.74) is -0.388. The van der Waals surface area contributed by atoms with Crippen LogP contribution in [0.2, 0.25) is 5.02 Å². The van der Waals surface area contributed by atoms with E-state index in [0.717, 1.165) is 0 Å². The topological polar surface area (TPSA) is 0 Å². The van der Waals surface area contributed by atoms with Gasteiger partial charge in [0.2, 0.25) is 0 Å². The van der Waals surface area contributed by atoms with Crippen LogP contribution in [0.1, 0.15) is 37.5 Å². The first-order valence-corrected chi connectivity index (χ1v) is 7.09. The molecule has 0 aliphatic carbocycles. The summed E-state index contributed by atoms with van der Waals surface area (Å²) in [4.78, 5) is 0. The zero-order valence-corrected chi connectivity index (χ0v) is 12.9. The average Bonchev–Trinajstić information content (AvgIpc) is 2.44. The SMILES string of the molecule is CCc1ccc(C(C)(C)c2cc(Cl)ccc2F)c(F)c1F. The molecule has 0 unspecified atom stereocenters. The molecule has 0 saturated heterocycles. The zero-order valence-electron chi connectivity index (χ0n) is 12.1. The molecule has 0 N–H and O–H groups in total. The summed E-state index contributed by atoms with van der Waals surface area (Å²) in [6.45, 7) is 5.04. The highest BCUT2D eigenvalue weighted by atomic mass is 35.5. The lowest BCUT2D eigenvalue weighted by molar-refractivity contribution is 0.461. The van der Waals surface area contributed by atoms with Gasteiger partial charge in [0.25, 0.3) is 0 Å². The molecule has 0 amide bonds. The molecule has 0 heterocycles. The predicted octanol–water partition coefficient (Wildman–Crippen LogP) is 5.65. The van der Waals surface area contributed by atoms with Gasteiger partial charge < -0.3 is 0 Å². The van der Waals surface area contributed by atoms with Gasteiger partial charge in [-0.1, -0.05) is 44.5 Å². The molecule has 0 radical (unpaired) electrons. The van der Waals surface area contributed by atoms with Gasteiger partial charge in [-0.3, -0.25) is 0 Å². The molecule has 0 nitrogen and oxygen atoms in total. The van der Waals surface area contributed by atoms with E-state index in [1.807, 2.05) is 0 Å². The van der Waals surface area contributed by atoms with E-state index in [2.05, 4.69) is 0 Å². The van der Waals surface area contributed by atoms with Gasteiger partial charge in [-0.05, 0) is 35.7 Å². The van der Waals surface area contributed by atoms with Crippen LogP contribution in [0.15, 0.2) is 30.3 Å². The van der Waals surface area contributed by atoms with E-state index >= 15 is 0 Å². The maximum Gasteiger partial charge on any atom is 0.163 e. The van der Waals surface area contributed by atoms with Gasteiger partial charge in [-0.15, -0.1) is 0 Å². The molecule has 2 aromatic carbocycles. The van der Waals surface area contributed by atoms with E-state index in [-0.39, 0.29) is 11.1 Å². The van der Waals surface area contributed by atoms with Gasteiger partial charge in [-0.2, -0.15) is 0 Å². The van der Waals surface area contributed by atoms with Gasteiger partial charge in [0.1, 0.15) is 5.82 Å². The molecule has 0 atom stereocenters. The van der Waals surface area contributed by atoms with E-state index < -0.39 is 22.9 Å². The van der Waals surface area contributed by atoms with E-state index in [4.69, 9.17) is 11.6 Å². The van der Waals surface area contributed by atoms with Gasteiger partial charge in [0.15, 0.2) is 11.6 Å². The highest BCUT2D eigenvalue weighted by Gasteiger charge is 2.31. The molecule has 0 aromatic heterocycles. The van der Waals surface area contributed by atoms with Crippen LogP contribution in [-0.4, -0.2) is 0 Å². The van der Waals surface area contributed by atoms with Crippen LogP contribution in [0.3, 0.4) is 0 Å². The summed E-state index contributed by atoms with van der Waals surface area (Å²) < 4.78 is 42.4. The predicted molar refractivity (Wildman–Crippen MR) is 79.3 cm³/mol. The Balaban J connectivity index is 2.64. The molecular formula is C17H16ClF3. The Kier molecular flexibility index (Phi) is 4.33. The van der Waals surface area contributed by atoms with Crippen molar-refractivity contribution in [2.24, 2.45) is 0 Å². The minimum absolute atomic E-state index is 0.110. The van der Waals surface area contributed by atoms with E-state index in [1.54, 1.807) is 20.8 Å². The number of hydrogen-bond acceptors (Lipinski definition) is 0. The highest BCUT2D eigenvalue weighted by Crippen LogP contribution is 2.37. The van der Waals surface area contributed by atoms with Gasteiger partial charge >= 0.3 is 0 Å². The number of halogens is 4. The maximum atomic E-state index is 14.3. The van der Waals surface area contributed by atoms with E-state index in [0.29, 0.717) is 17.0 Å². The fourth-order valence-corrected chi connectivity index (χ4v) is 2.64. The fourth-order valence-electron chi connectivity index (χ4n) is 2.47. The molecule has 2 aromatic rings. The Morgan fingerprint density at radius 3 is 2.24 bits per heavy atom. The smallest absolute Gasteiger partial charge is 0.163 e. The van der Waals surface area contributed by atoms with Crippen LogP contribution in [0, 0.1) is 17.5 Å². The molecule has 0 fully saturated rings. The second kappa shape index (κ2) is 5.72. The molecular weight excluding hydrogens is 297 g/mol. The third-order valence-electron chi connectivity index (χ3n) is 3.82.